The summed E-state index contributed by atoms with van der Waals surface area (Å²) in [5.41, 5.74) is 0.00331. The van der Waals surface area contributed by atoms with Gasteiger partial charge in [0, 0.05) is 38.7 Å². The maximum absolute atomic E-state index is 13.9. The van der Waals surface area contributed by atoms with E-state index >= 15 is 0 Å². The van der Waals surface area contributed by atoms with Gasteiger partial charge in [-0.05, 0) is 30.9 Å². The topological polar surface area (TPSA) is 60.9 Å². The Morgan fingerprint density at radius 2 is 2.08 bits per heavy atom. The fourth-order valence-corrected chi connectivity index (χ4v) is 3.48. The average molecular weight is 338 g/mol. The van der Waals surface area contributed by atoms with Crippen molar-refractivity contribution in [3.05, 3.63) is 29.8 Å². The van der Waals surface area contributed by atoms with Crippen LogP contribution in [0.15, 0.2) is 18.2 Å². The number of anilines is 1. The molecule has 0 spiro atoms. The third-order valence-corrected chi connectivity index (χ3v) is 4.76. The minimum Gasteiger partial charge on any atom is -0.396 e. The molecule has 1 N–H and O–H groups in total. The summed E-state index contributed by atoms with van der Waals surface area (Å²) < 4.78 is 26.9. The molecule has 2 aliphatic heterocycles. The fraction of sp³-hybridized carbons (Fsp3) is 0.529. The Bertz CT molecular complexity index is 653. The zero-order valence-corrected chi connectivity index (χ0v) is 13.3. The van der Waals surface area contributed by atoms with Gasteiger partial charge in [0.1, 0.15) is 11.6 Å². The van der Waals surface area contributed by atoms with Gasteiger partial charge in [-0.2, -0.15) is 0 Å². The minimum atomic E-state index is -0.810. The molecule has 0 aromatic heterocycles. The van der Waals surface area contributed by atoms with Crippen LogP contribution in [0.2, 0.25) is 0 Å². The lowest BCUT2D eigenvalue weighted by Gasteiger charge is -2.33. The quantitative estimate of drug-likeness (QED) is 0.910. The highest BCUT2D eigenvalue weighted by Gasteiger charge is 2.39. The van der Waals surface area contributed by atoms with Gasteiger partial charge >= 0.3 is 0 Å². The first-order valence-corrected chi connectivity index (χ1v) is 8.14. The summed E-state index contributed by atoms with van der Waals surface area (Å²) in [6.07, 6.45) is 1.74. The molecule has 0 saturated carbocycles. The Balaban J connectivity index is 1.71. The molecule has 1 aromatic rings. The molecule has 24 heavy (non-hydrogen) atoms. The number of rotatable bonds is 3. The number of aliphatic hydroxyl groups excluding tert-OH is 1. The van der Waals surface area contributed by atoms with Crippen LogP contribution >= 0.6 is 0 Å². The molecule has 2 unspecified atom stereocenters. The van der Waals surface area contributed by atoms with Crippen LogP contribution in [-0.4, -0.2) is 48.1 Å². The first kappa shape index (κ1) is 16.8. The number of nitrogens with zero attached hydrogens (tertiary/aromatic N) is 2. The Hall–Kier alpha value is -2.02. The Kier molecular flexibility index (Phi) is 4.80. The van der Waals surface area contributed by atoms with Gasteiger partial charge in [0.25, 0.3) is 0 Å². The smallest absolute Gasteiger partial charge is 0.228 e. The summed E-state index contributed by atoms with van der Waals surface area (Å²) in [6.45, 7) is 1.25. The highest BCUT2D eigenvalue weighted by molar-refractivity contribution is 6.00. The summed E-state index contributed by atoms with van der Waals surface area (Å²) >= 11 is 0. The molecule has 0 bridgehead atoms. The lowest BCUT2D eigenvalue weighted by atomic mass is 9.97. The van der Waals surface area contributed by atoms with E-state index in [1.165, 1.54) is 11.0 Å². The second-order valence-electron chi connectivity index (χ2n) is 6.48. The summed E-state index contributed by atoms with van der Waals surface area (Å²) in [7, 11) is 0. The summed E-state index contributed by atoms with van der Waals surface area (Å²) in [5.74, 6) is -2.44. The molecular formula is C17H20F2N2O3. The van der Waals surface area contributed by atoms with E-state index in [0.717, 1.165) is 25.0 Å². The number of piperidine rings is 1. The second kappa shape index (κ2) is 6.84. The van der Waals surface area contributed by atoms with E-state index in [9.17, 15) is 23.5 Å². The van der Waals surface area contributed by atoms with Crippen molar-refractivity contribution in [1.29, 1.82) is 0 Å². The lowest BCUT2D eigenvalue weighted by molar-refractivity contribution is -0.137. The van der Waals surface area contributed by atoms with Crippen molar-refractivity contribution < 1.29 is 23.5 Å². The largest absolute Gasteiger partial charge is 0.396 e. The molecule has 7 heteroatoms. The predicted molar refractivity (Wildman–Crippen MR) is 83.2 cm³/mol. The fourth-order valence-electron chi connectivity index (χ4n) is 3.48. The van der Waals surface area contributed by atoms with Crippen LogP contribution in [0.3, 0.4) is 0 Å². The molecule has 0 radical (unpaired) electrons. The van der Waals surface area contributed by atoms with Crippen molar-refractivity contribution in [3.63, 3.8) is 0 Å². The van der Waals surface area contributed by atoms with Crippen LogP contribution in [0.5, 0.6) is 0 Å². The van der Waals surface area contributed by atoms with Crippen LogP contribution < -0.4 is 4.90 Å². The number of halogens is 2. The van der Waals surface area contributed by atoms with Gasteiger partial charge in [-0.25, -0.2) is 8.78 Å². The van der Waals surface area contributed by atoms with E-state index in [-0.39, 0.29) is 43.0 Å². The summed E-state index contributed by atoms with van der Waals surface area (Å²) in [4.78, 5) is 27.7. The van der Waals surface area contributed by atoms with Gasteiger partial charge in [-0.1, -0.05) is 0 Å². The van der Waals surface area contributed by atoms with Crippen molar-refractivity contribution in [2.75, 3.05) is 31.1 Å². The molecule has 2 saturated heterocycles. The van der Waals surface area contributed by atoms with Crippen molar-refractivity contribution in [2.45, 2.75) is 19.3 Å². The number of carbonyl (C=O) groups is 2. The number of hydrogen-bond donors (Lipinski definition) is 1. The highest BCUT2D eigenvalue weighted by Crippen LogP contribution is 2.29. The van der Waals surface area contributed by atoms with Crippen LogP contribution in [0.4, 0.5) is 14.5 Å². The van der Waals surface area contributed by atoms with Gasteiger partial charge in [-0.3, -0.25) is 9.59 Å². The molecule has 0 aliphatic carbocycles. The Morgan fingerprint density at radius 3 is 2.79 bits per heavy atom. The molecule has 2 amide bonds. The SMILES string of the molecule is O=C(C1CC(=O)N(c2ccc(F)cc2F)C1)N1CCCC(CO)C1. The first-order valence-electron chi connectivity index (χ1n) is 8.14. The Morgan fingerprint density at radius 1 is 1.29 bits per heavy atom. The van der Waals surface area contributed by atoms with Crippen LogP contribution in [-0.2, 0) is 9.59 Å². The highest BCUT2D eigenvalue weighted by atomic mass is 19.1. The van der Waals surface area contributed by atoms with E-state index in [1.54, 1.807) is 4.90 Å². The molecule has 2 fully saturated rings. The zero-order valence-electron chi connectivity index (χ0n) is 13.3. The monoisotopic (exact) mass is 338 g/mol. The van der Waals surface area contributed by atoms with Crippen molar-refractivity contribution >= 4 is 17.5 Å². The van der Waals surface area contributed by atoms with Gasteiger partial charge in [0.05, 0.1) is 11.6 Å². The van der Waals surface area contributed by atoms with Crippen LogP contribution in [0.1, 0.15) is 19.3 Å². The van der Waals surface area contributed by atoms with Gasteiger partial charge in [0.2, 0.25) is 11.8 Å². The number of benzene rings is 1. The molecule has 130 valence electrons. The Labute approximate surface area is 138 Å². The summed E-state index contributed by atoms with van der Waals surface area (Å²) in [5, 5.41) is 9.27. The lowest BCUT2D eigenvalue weighted by Crippen LogP contribution is -2.44. The van der Waals surface area contributed by atoms with E-state index in [1.807, 2.05) is 0 Å². The number of carbonyl (C=O) groups excluding carboxylic acids is 2. The number of hydrogen-bond acceptors (Lipinski definition) is 3. The molecule has 2 aliphatic rings. The van der Waals surface area contributed by atoms with Gasteiger partial charge in [-0.15, -0.1) is 0 Å². The minimum absolute atomic E-state index is 0.00331. The molecule has 5 nitrogen and oxygen atoms in total. The van der Waals surface area contributed by atoms with E-state index in [2.05, 4.69) is 0 Å². The molecule has 1 aromatic carbocycles. The molecular weight excluding hydrogens is 318 g/mol. The third-order valence-electron chi connectivity index (χ3n) is 4.76. The van der Waals surface area contributed by atoms with Crippen LogP contribution in [0.25, 0.3) is 0 Å². The number of aliphatic hydroxyl groups is 1. The molecule has 2 heterocycles. The van der Waals surface area contributed by atoms with Gasteiger partial charge < -0.3 is 14.9 Å². The third kappa shape index (κ3) is 3.26. The standard InChI is InChI=1S/C17H20F2N2O3/c18-13-3-4-15(14(19)7-13)21-9-12(6-16(21)23)17(24)20-5-1-2-11(8-20)10-22/h3-4,7,11-12,22H,1-2,5-6,8-10H2. The average Bonchev–Trinajstić information content (AvgIpc) is 2.96. The molecule has 3 rings (SSSR count). The zero-order chi connectivity index (χ0) is 17.3. The van der Waals surface area contributed by atoms with Crippen LogP contribution in [0, 0.1) is 23.5 Å². The molecule has 2 atom stereocenters. The normalized spacial score (nSPS) is 24.5. The van der Waals surface area contributed by atoms with E-state index in [0.29, 0.717) is 13.1 Å². The van der Waals surface area contributed by atoms with E-state index < -0.39 is 17.6 Å². The maximum Gasteiger partial charge on any atom is 0.228 e. The van der Waals surface area contributed by atoms with Crippen molar-refractivity contribution in [1.82, 2.24) is 4.90 Å². The van der Waals surface area contributed by atoms with Crippen molar-refractivity contribution in [3.8, 4) is 0 Å². The first-order chi connectivity index (χ1) is 11.5. The van der Waals surface area contributed by atoms with E-state index in [4.69, 9.17) is 0 Å². The summed E-state index contributed by atoms with van der Waals surface area (Å²) in [6, 6.07) is 3.05. The number of likely N-dealkylation sites (tertiary alicyclic amines) is 1. The number of amides is 2. The van der Waals surface area contributed by atoms with Crippen molar-refractivity contribution in [2.24, 2.45) is 11.8 Å². The van der Waals surface area contributed by atoms with Gasteiger partial charge in [0.15, 0.2) is 0 Å². The maximum atomic E-state index is 13.9. The second-order valence-corrected chi connectivity index (χ2v) is 6.48. The predicted octanol–water partition coefficient (Wildman–Crippen LogP) is 1.55.